The fraction of sp³-hybridized carbons (Fsp3) is 0.929. The van der Waals surface area contributed by atoms with Crippen molar-refractivity contribution in [3.63, 3.8) is 0 Å². The predicted molar refractivity (Wildman–Crippen MR) is 80.4 cm³/mol. The molecule has 4 nitrogen and oxygen atoms in total. The molecule has 1 saturated heterocycles. The lowest BCUT2D eigenvalue weighted by Gasteiger charge is -2.38. The Morgan fingerprint density at radius 1 is 1.32 bits per heavy atom. The van der Waals surface area contributed by atoms with Crippen molar-refractivity contribution in [3.05, 3.63) is 0 Å². The molecule has 1 heterocycles. The van der Waals surface area contributed by atoms with Crippen LogP contribution < -0.4 is 11.1 Å². The first-order valence-electron chi connectivity index (χ1n) is 7.38. The molecular formula is C14H28ClN3O. The smallest absolute Gasteiger partial charge is 0.237 e. The Morgan fingerprint density at radius 3 is 2.53 bits per heavy atom. The highest BCUT2D eigenvalue weighted by molar-refractivity contribution is 5.85. The second-order valence-corrected chi connectivity index (χ2v) is 6.09. The van der Waals surface area contributed by atoms with Gasteiger partial charge in [0.25, 0.3) is 0 Å². The number of carbonyl (C=O) groups is 1. The summed E-state index contributed by atoms with van der Waals surface area (Å²) in [5.41, 5.74) is 6.02. The third-order valence-corrected chi connectivity index (χ3v) is 4.63. The van der Waals surface area contributed by atoms with Crippen molar-refractivity contribution in [1.29, 1.82) is 0 Å². The first-order chi connectivity index (χ1) is 8.58. The largest absolute Gasteiger partial charge is 0.352 e. The number of amides is 1. The van der Waals surface area contributed by atoms with Crippen LogP contribution in [-0.4, -0.2) is 42.0 Å². The quantitative estimate of drug-likeness (QED) is 0.828. The number of nitrogens with one attached hydrogen (secondary N) is 1. The Hall–Kier alpha value is -0.320. The van der Waals surface area contributed by atoms with Gasteiger partial charge in [-0.05, 0) is 32.1 Å². The summed E-state index contributed by atoms with van der Waals surface area (Å²) in [5.74, 6) is 0.685. The monoisotopic (exact) mass is 289 g/mol. The van der Waals surface area contributed by atoms with Gasteiger partial charge in [-0.15, -0.1) is 12.4 Å². The second-order valence-electron chi connectivity index (χ2n) is 6.09. The van der Waals surface area contributed by atoms with Crippen molar-refractivity contribution in [1.82, 2.24) is 10.2 Å². The third kappa shape index (κ3) is 4.33. The van der Waals surface area contributed by atoms with E-state index in [-0.39, 0.29) is 24.4 Å². The zero-order valence-electron chi connectivity index (χ0n) is 12.1. The third-order valence-electron chi connectivity index (χ3n) is 4.63. The fourth-order valence-corrected chi connectivity index (χ4v) is 3.11. The zero-order chi connectivity index (χ0) is 13.1. The molecule has 0 aromatic heterocycles. The molecule has 0 bridgehead atoms. The van der Waals surface area contributed by atoms with Gasteiger partial charge in [0, 0.05) is 25.2 Å². The van der Waals surface area contributed by atoms with Crippen molar-refractivity contribution in [2.75, 3.05) is 13.1 Å². The number of nitrogens with zero attached hydrogens (tertiary/aromatic N) is 1. The number of likely N-dealkylation sites (tertiary alicyclic amines) is 1. The fourth-order valence-electron chi connectivity index (χ4n) is 3.11. The maximum Gasteiger partial charge on any atom is 0.237 e. The van der Waals surface area contributed by atoms with Crippen molar-refractivity contribution < 1.29 is 4.79 Å². The van der Waals surface area contributed by atoms with Crippen LogP contribution in [0.15, 0.2) is 0 Å². The molecule has 2 fully saturated rings. The Bertz CT molecular complexity index is 294. The van der Waals surface area contributed by atoms with Gasteiger partial charge in [0.2, 0.25) is 5.91 Å². The molecule has 3 N–H and O–H groups in total. The minimum Gasteiger partial charge on any atom is -0.352 e. The van der Waals surface area contributed by atoms with E-state index in [0.717, 1.165) is 32.4 Å². The molecule has 0 aromatic rings. The minimum absolute atomic E-state index is 0. The van der Waals surface area contributed by atoms with Gasteiger partial charge in [0.05, 0.1) is 6.04 Å². The van der Waals surface area contributed by atoms with Crippen LogP contribution in [0, 0.1) is 5.92 Å². The molecule has 0 spiro atoms. The van der Waals surface area contributed by atoms with Gasteiger partial charge in [-0.25, -0.2) is 0 Å². The van der Waals surface area contributed by atoms with Crippen LogP contribution in [0.5, 0.6) is 0 Å². The summed E-state index contributed by atoms with van der Waals surface area (Å²) in [6, 6.07) is 0.705. The molecular weight excluding hydrogens is 262 g/mol. The first-order valence-corrected chi connectivity index (χ1v) is 7.38. The van der Waals surface area contributed by atoms with E-state index in [4.69, 9.17) is 5.73 Å². The number of piperidine rings is 1. The lowest BCUT2D eigenvalue weighted by molar-refractivity contribution is -0.127. The highest BCUT2D eigenvalue weighted by atomic mass is 35.5. The number of carbonyl (C=O) groups excluding carboxylic acids is 1. The number of halogens is 1. The number of nitrogens with two attached hydrogens (primary N) is 1. The van der Waals surface area contributed by atoms with E-state index < -0.39 is 0 Å². The second kappa shape index (κ2) is 7.46. The van der Waals surface area contributed by atoms with E-state index in [0.29, 0.717) is 18.0 Å². The molecule has 112 valence electrons. The molecule has 1 aliphatic carbocycles. The molecule has 5 heteroatoms. The molecule has 0 radical (unpaired) electrons. The first kappa shape index (κ1) is 16.7. The number of rotatable bonds is 3. The predicted octanol–water partition coefficient (Wildman–Crippen LogP) is 1.52. The van der Waals surface area contributed by atoms with Crippen LogP contribution in [0.2, 0.25) is 0 Å². The molecule has 19 heavy (non-hydrogen) atoms. The van der Waals surface area contributed by atoms with E-state index in [1.165, 1.54) is 12.8 Å². The van der Waals surface area contributed by atoms with Crippen LogP contribution in [0.1, 0.15) is 46.0 Å². The summed E-state index contributed by atoms with van der Waals surface area (Å²) in [5, 5.41) is 3.19. The molecule has 1 amide bonds. The maximum absolute atomic E-state index is 12.2. The SMILES string of the molecule is CC1CN(C(C)C(=O)NC2CCCC2)CCC1N.Cl. The van der Waals surface area contributed by atoms with E-state index in [9.17, 15) is 4.79 Å². The van der Waals surface area contributed by atoms with Gasteiger partial charge in [0.15, 0.2) is 0 Å². The zero-order valence-corrected chi connectivity index (χ0v) is 12.9. The van der Waals surface area contributed by atoms with E-state index >= 15 is 0 Å². The summed E-state index contributed by atoms with van der Waals surface area (Å²) >= 11 is 0. The number of hydrogen-bond acceptors (Lipinski definition) is 3. The van der Waals surface area contributed by atoms with Crippen LogP contribution in [-0.2, 0) is 4.79 Å². The van der Waals surface area contributed by atoms with E-state index in [1.807, 2.05) is 6.92 Å². The van der Waals surface area contributed by atoms with Gasteiger partial charge >= 0.3 is 0 Å². The van der Waals surface area contributed by atoms with Gasteiger partial charge < -0.3 is 11.1 Å². The minimum atomic E-state index is -0.0134. The summed E-state index contributed by atoms with van der Waals surface area (Å²) in [6.45, 7) is 6.09. The highest BCUT2D eigenvalue weighted by Gasteiger charge is 2.30. The molecule has 3 atom stereocenters. The van der Waals surface area contributed by atoms with Gasteiger partial charge in [-0.2, -0.15) is 0 Å². The molecule has 2 aliphatic rings. The lowest BCUT2D eigenvalue weighted by atomic mass is 9.94. The Balaban J connectivity index is 0.00000180. The summed E-state index contributed by atoms with van der Waals surface area (Å²) in [4.78, 5) is 14.5. The lowest BCUT2D eigenvalue weighted by Crippen LogP contribution is -2.54. The van der Waals surface area contributed by atoms with Crippen LogP contribution in [0.3, 0.4) is 0 Å². The Kier molecular flexibility index (Phi) is 6.57. The molecule has 2 rings (SSSR count). The summed E-state index contributed by atoms with van der Waals surface area (Å²) in [6.07, 6.45) is 5.82. The summed E-state index contributed by atoms with van der Waals surface area (Å²) in [7, 11) is 0. The van der Waals surface area contributed by atoms with Gasteiger partial charge in [-0.1, -0.05) is 19.8 Å². The van der Waals surface area contributed by atoms with Crippen LogP contribution in [0.25, 0.3) is 0 Å². The number of hydrogen-bond donors (Lipinski definition) is 2. The Morgan fingerprint density at radius 2 is 1.95 bits per heavy atom. The van der Waals surface area contributed by atoms with Crippen molar-refractivity contribution in [2.24, 2.45) is 11.7 Å². The van der Waals surface area contributed by atoms with Crippen LogP contribution >= 0.6 is 12.4 Å². The van der Waals surface area contributed by atoms with Gasteiger partial charge in [0.1, 0.15) is 0 Å². The topological polar surface area (TPSA) is 58.4 Å². The van der Waals surface area contributed by atoms with Gasteiger partial charge in [-0.3, -0.25) is 9.69 Å². The highest BCUT2D eigenvalue weighted by Crippen LogP contribution is 2.20. The maximum atomic E-state index is 12.2. The van der Waals surface area contributed by atoms with Crippen molar-refractivity contribution >= 4 is 18.3 Å². The molecule has 0 aromatic carbocycles. The van der Waals surface area contributed by atoms with E-state index in [1.54, 1.807) is 0 Å². The molecule has 1 saturated carbocycles. The van der Waals surface area contributed by atoms with Crippen molar-refractivity contribution in [3.8, 4) is 0 Å². The standard InChI is InChI=1S/C14H27N3O.ClH/c1-10-9-17(8-7-13(10)15)11(2)14(18)16-12-5-3-4-6-12;/h10-13H,3-9,15H2,1-2H3,(H,16,18);1H. The van der Waals surface area contributed by atoms with E-state index in [2.05, 4.69) is 17.1 Å². The Labute approximate surface area is 122 Å². The van der Waals surface area contributed by atoms with Crippen LogP contribution in [0.4, 0.5) is 0 Å². The van der Waals surface area contributed by atoms with Crippen molar-refractivity contribution in [2.45, 2.75) is 64.1 Å². The summed E-state index contributed by atoms with van der Waals surface area (Å²) < 4.78 is 0. The normalized spacial score (nSPS) is 30.7. The molecule has 1 aliphatic heterocycles. The molecule has 3 unspecified atom stereocenters. The average molecular weight is 290 g/mol. The average Bonchev–Trinajstić information content (AvgIpc) is 2.84.